The van der Waals surface area contributed by atoms with Gasteiger partial charge in [0.15, 0.2) is 0 Å². The maximum absolute atomic E-state index is 12.6. The van der Waals surface area contributed by atoms with Gasteiger partial charge in [0.2, 0.25) is 15.9 Å². The zero-order valence-corrected chi connectivity index (χ0v) is 15.6. The Bertz CT molecular complexity index is 822. The molecule has 1 amide bonds. The largest absolute Gasteiger partial charge is 0.497 e. The van der Waals surface area contributed by atoms with Crippen molar-refractivity contribution >= 4 is 27.3 Å². The topological polar surface area (TPSA) is 107 Å². The van der Waals surface area contributed by atoms with E-state index in [0.29, 0.717) is 11.4 Å². The van der Waals surface area contributed by atoms with Crippen molar-refractivity contribution < 1.29 is 22.7 Å². The number of rotatable bonds is 8. The van der Waals surface area contributed by atoms with Crippen LogP contribution in [-0.2, 0) is 21.4 Å². The third-order valence-corrected chi connectivity index (χ3v) is 5.51. The first-order valence-corrected chi connectivity index (χ1v) is 9.69. The van der Waals surface area contributed by atoms with E-state index in [9.17, 15) is 13.2 Å². The van der Waals surface area contributed by atoms with Crippen molar-refractivity contribution in [3.63, 3.8) is 0 Å². The molecular formula is C15H19N3O5S2. The fraction of sp³-hybridized carbons (Fsp3) is 0.333. The Morgan fingerprint density at radius 2 is 2.08 bits per heavy atom. The Balaban J connectivity index is 2.10. The highest BCUT2D eigenvalue weighted by molar-refractivity contribution is 7.89. The normalized spacial score (nSPS) is 12.4. The standard InChI is InChI=1S/C15H19N3O5S2/c1-10(15(19)16-7-11-8-24-9-17-11)18-25(20,21)14-6-12(22-2)4-5-13(14)23-3/h4-6,8-10,18H,7H2,1-3H3,(H,16,19)/t10-/m0/s1. The van der Waals surface area contributed by atoms with E-state index in [-0.39, 0.29) is 17.2 Å². The highest BCUT2D eigenvalue weighted by Gasteiger charge is 2.25. The first kappa shape index (κ1) is 19.2. The number of thiazole rings is 1. The van der Waals surface area contributed by atoms with Gasteiger partial charge in [-0.2, -0.15) is 4.72 Å². The van der Waals surface area contributed by atoms with Crippen molar-refractivity contribution in [2.24, 2.45) is 0 Å². The molecule has 2 N–H and O–H groups in total. The predicted molar refractivity (Wildman–Crippen MR) is 93.3 cm³/mol. The van der Waals surface area contributed by atoms with Crippen LogP contribution in [-0.4, -0.2) is 39.6 Å². The van der Waals surface area contributed by atoms with Crippen molar-refractivity contribution in [3.8, 4) is 11.5 Å². The molecular weight excluding hydrogens is 366 g/mol. The molecule has 1 heterocycles. The molecule has 0 aliphatic carbocycles. The zero-order valence-electron chi connectivity index (χ0n) is 14.0. The molecule has 0 saturated carbocycles. The van der Waals surface area contributed by atoms with Crippen LogP contribution in [0.1, 0.15) is 12.6 Å². The summed E-state index contributed by atoms with van der Waals surface area (Å²) in [5, 5.41) is 4.43. The third-order valence-electron chi connectivity index (χ3n) is 3.31. The van der Waals surface area contributed by atoms with E-state index in [0.717, 1.165) is 0 Å². The number of hydrogen-bond acceptors (Lipinski definition) is 7. The molecule has 1 aromatic heterocycles. The van der Waals surface area contributed by atoms with Crippen molar-refractivity contribution in [1.82, 2.24) is 15.0 Å². The fourth-order valence-electron chi connectivity index (χ4n) is 2.00. The molecule has 0 saturated heterocycles. The molecule has 2 rings (SSSR count). The molecule has 10 heteroatoms. The van der Waals surface area contributed by atoms with E-state index < -0.39 is 22.0 Å². The highest BCUT2D eigenvalue weighted by Crippen LogP contribution is 2.28. The van der Waals surface area contributed by atoms with E-state index in [1.807, 2.05) is 0 Å². The summed E-state index contributed by atoms with van der Waals surface area (Å²) in [5.74, 6) is 0.0589. The number of aromatic nitrogens is 1. The summed E-state index contributed by atoms with van der Waals surface area (Å²) in [5.41, 5.74) is 2.37. The molecule has 2 aromatic rings. The van der Waals surface area contributed by atoms with Crippen LogP contribution in [0.3, 0.4) is 0 Å². The van der Waals surface area contributed by atoms with Crippen LogP contribution < -0.4 is 19.5 Å². The first-order valence-electron chi connectivity index (χ1n) is 7.26. The lowest BCUT2D eigenvalue weighted by molar-refractivity contribution is -0.122. The van der Waals surface area contributed by atoms with Crippen LogP contribution in [0.5, 0.6) is 11.5 Å². The third kappa shape index (κ3) is 4.91. The fourth-order valence-corrected chi connectivity index (χ4v) is 3.94. The molecule has 1 aromatic carbocycles. The SMILES string of the molecule is COc1ccc(OC)c(S(=O)(=O)N[C@@H](C)C(=O)NCc2cscn2)c1. The Hall–Kier alpha value is -2.17. The van der Waals surface area contributed by atoms with Gasteiger partial charge in [0.25, 0.3) is 0 Å². The zero-order chi connectivity index (χ0) is 18.4. The Labute approximate surface area is 150 Å². The number of carbonyl (C=O) groups excluding carboxylic acids is 1. The molecule has 0 aliphatic rings. The van der Waals surface area contributed by atoms with Gasteiger partial charge in [-0.05, 0) is 19.1 Å². The molecule has 8 nitrogen and oxygen atoms in total. The van der Waals surface area contributed by atoms with Crippen molar-refractivity contribution in [1.29, 1.82) is 0 Å². The van der Waals surface area contributed by atoms with E-state index in [1.54, 1.807) is 17.0 Å². The second-order valence-corrected chi connectivity index (χ2v) is 7.46. The highest BCUT2D eigenvalue weighted by atomic mass is 32.2. The minimum Gasteiger partial charge on any atom is -0.497 e. The predicted octanol–water partition coefficient (Wildman–Crippen LogP) is 1.14. The van der Waals surface area contributed by atoms with E-state index >= 15 is 0 Å². The summed E-state index contributed by atoms with van der Waals surface area (Å²) in [4.78, 5) is 16.0. The second-order valence-electron chi connectivity index (χ2n) is 5.06. The van der Waals surface area contributed by atoms with Crippen LogP contribution in [0.15, 0.2) is 34.0 Å². The number of benzene rings is 1. The summed E-state index contributed by atoms with van der Waals surface area (Å²) in [6, 6.07) is 3.43. The lowest BCUT2D eigenvalue weighted by Gasteiger charge is -2.16. The molecule has 0 fully saturated rings. The molecule has 0 unspecified atom stereocenters. The quantitative estimate of drug-likeness (QED) is 0.706. The molecule has 136 valence electrons. The number of carbonyl (C=O) groups is 1. The Kier molecular flexibility index (Phi) is 6.34. The van der Waals surface area contributed by atoms with Gasteiger partial charge in [0.05, 0.1) is 38.0 Å². The van der Waals surface area contributed by atoms with Gasteiger partial charge < -0.3 is 14.8 Å². The minimum atomic E-state index is -3.98. The van der Waals surface area contributed by atoms with E-state index in [2.05, 4.69) is 15.0 Å². The van der Waals surface area contributed by atoms with Crippen LogP contribution in [0.25, 0.3) is 0 Å². The van der Waals surface area contributed by atoms with Crippen molar-refractivity contribution in [3.05, 3.63) is 34.8 Å². The molecule has 0 radical (unpaired) electrons. The maximum Gasteiger partial charge on any atom is 0.245 e. The minimum absolute atomic E-state index is 0.103. The van der Waals surface area contributed by atoms with Crippen LogP contribution >= 0.6 is 11.3 Å². The number of nitrogens with zero attached hydrogens (tertiary/aromatic N) is 1. The van der Waals surface area contributed by atoms with Crippen molar-refractivity contribution in [2.75, 3.05) is 14.2 Å². The second kappa shape index (κ2) is 8.28. The average molecular weight is 385 g/mol. The van der Waals surface area contributed by atoms with Gasteiger partial charge in [-0.3, -0.25) is 4.79 Å². The number of nitrogens with one attached hydrogen (secondary N) is 2. The molecule has 25 heavy (non-hydrogen) atoms. The summed E-state index contributed by atoms with van der Waals surface area (Å²) in [6.07, 6.45) is 0. The molecule has 1 atom stereocenters. The van der Waals surface area contributed by atoms with Gasteiger partial charge >= 0.3 is 0 Å². The summed E-state index contributed by atoms with van der Waals surface area (Å²) < 4.78 is 37.7. The van der Waals surface area contributed by atoms with Gasteiger partial charge in [-0.15, -0.1) is 11.3 Å². The average Bonchev–Trinajstić information content (AvgIpc) is 3.12. The Morgan fingerprint density at radius 3 is 2.68 bits per heavy atom. The smallest absolute Gasteiger partial charge is 0.245 e. The van der Waals surface area contributed by atoms with E-state index in [4.69, 9.17) is 9.47 Å². The van der Waals surface area contributed by atoms with Gasteiger partial charge in [-0.1, -0.05) is 0 Å². The lowest BCUT2D eigenvalue weighted by Crippen LogP contribution is -2.44. The molecule has 0 spiro atoms. The van der Waals surface area contributed by atoms with Gasteiger partial charge in [-0.25, -0.2) is 13.4 Å². The molecule has 0 bridgehead atoms. The van der Waals surface area contributed by atoms with Crippen LogP contribution in [0.4, 0.5) is 0 Å². The number of sulfonamides is 1. The lowest BCUT2D eigenvalue weighted by atomic mass is 10.3. The van der Waals surface area contributed by atoms with Crippen LogP contribution in [0.2, 0.25) is 0 Å². The molecule has 0 aliphatic heterocycles. The van der Waals surface area contributed by atoms with E-state index in [1.165, 1.54) is 44.6 Å². The first-order chi connectivity index (χ1) is 11.9. The van der Waals surface area contributed by atoms with Crippen LogP contribution in [0, 0.1) is 0 Å². The number of methoxy groups -OCH3 is 2. The number of hydrogen-bond donors (Lipinski definition) is 2. The maximum atomic E-state index is 12.6. The number of ether oxygens (including phenoxy) is 2. The summed E-state index contributed by atoms with van der Waals surface area (Å²) in [6.45, 7) is 1.69. The summed E-state index contributed by atoms with van der Waals surface area (Å²) in [7, 11) is -1.18. The monoisotopic (exact) mass is 385 g/mol. The van der Waals surface area contributed by atoms with Gasteiger partial charge in [0.1, 0.15) is 16.4 Å². The van der Waals surface area contributed by atoms with Crippen molar-refractivity contribution in [2.45, 2.75) is 24.4 Å². The summed E-state index contributed by atoms with van der Waals surface area (Å²) >= 11 is 1.41. The Morgan fingerprint density at radius 1 is 1.32 bits per heavy atom. The number of amides is 1. The van der Waals surface area contributed by atoms with Gasteiger partial charge in [0, 0.05) is 11.4 Å².